The Morgan fingerprint density at radius 1 is 1.46 bits per heavy atom. The fraction of sp³-hybridized carbons (Fsp3) is 0.727. The summed E-state index contributed by atoms with van der Waals surface area (Å²) in [5, 5.41) is 8.74. The van der Waals surface area contributed by atoms with Gasteiger partial charge < -0.3 is 4.74 Å². The smallest absolute Gasteiger partial charge is 0.144 e. The van der Waals surface area contributed by atoms with Crippen LogP contribution in [-0.2, 0) is 4.74 Å². The van der Waals surface area contributed by atoms with E-state index in [-0.39, 0.29) is 6.10 Å². The zero-order chi connectivity index (χ0) is 10.3. The summed E-state index contributed by atoms with van der Waals surface area (Å²) < 4.78 is 5.38. The molecule has 1 atom stereocenters. The molecule has 0 heterocycles. The Bertz CT molecular complexity index is 197. The van der Waals surface area contributed by atoms with Crippen LogP contribution in [0.4, 0.5) is 0 Å². The molecule has 0 N–H and O–H groups in total. The summed E-state index contributed by atoms with van der Waals surface area (Å²) >= 11 is 0. The maximum atomic E-state index is 8.74. The minimum absolute atomic E-state index is 0.254. The van der Waals surface area contributed by atoms with Crippen LogP contribution in [0.15, 0.2) is 11.6 Å². The molecule has 0 spiro atoms. The summed E-state index contributed by atoms with van der Waals surface area (Å²) in [6.07, 6.45) is 2.55. The Balaban J connectivity index is 3.74. The molecule has 1 unspecified atom stereocenters. The highest BCUT2D eigenvalue weighted by Gasteiger charge is 2.08. The summed E-state index contributed by atoms with van der Waals surface area (Å²) in [4.78, 5) is 0. The largest absolute Gasteiger partial charge is 0.359 e. The number of hydrogen-bond acceptors (Lipinski definition) is 2. The van der Waals surface area contributed by atoms with Gasteiger partial charge in [0.2, 0.25) is 0 Å². The number of ether oxygens (including phenoxy) is 1. The predicted molar refractivity (Wildman–Crippen MR) is 54.2 cm³/mol. The molecule has 2 nitrogen and oxygen atoms in total. The molecule has 0 aromatic heterocycles. The number of nitriles is 1. The lowest BCUT2D eigenvalue weighted by Crippen LogP contribution is -2.13. The lowest BCUT2D eigenvalue weighted by Gasteiger charge is -2.11. The van der Waals surface area contributed by atoms with Crippen molar-refractivity contribution >= 4 is 0 Å². The van der Waals surface area contributed by atoms with E-state index in [0.29, 0.717) is 12.5 Å². The van der Waals surface area contributed by atoms with Crippen molar-refractivity contribution in [2.45, 2.75) is 40.2 Å². The molecule has 2 heteroatoms. The summed E-state index contributed by atoms with van der Waals surface area (Å²) in [6, 6.07) is 2.16. The Morgan fingerprint density at radius 3 is 2.46 bits per heavy atom. The van der Waals surface area contributed by atoms with Gasteiger partial charge in [-0.1, -0.05) is 25.5 Å². The minimum atomic E-state index is -0.254. The van der Waals surface area contributed by atoms with Crippen molar-refractivity contribution in [3.8, 4) is 6.07 Å². The summed E-state index contributed by atoms with van der Waals surface area (Å²) in [7, 11) is 0. The Morgan fingerprint density at radius 2 is 2.08 bits per heavy atom. The molecule has 13 heavy (non-hydrogen) atoms. The van der Waals surface area contributed by atoms with Crippen molar-refractivity contribution in [3.63, 3.8) is 0 Å². The van der Waals surface area contributed by atoms with E-state index in [0.717, 1.165) is 6.42 Å². The Labute approximate surface area is 81.2 Å². The van der Waals surface area contributed by atoms with Gasteiger partial charge in [0.25, 0.3) is 0 Å². The molecular formula is C11H19NO. The van der Waals surface area contributed by atoms with Crippen molar-refractivity contribution in [2.75, 3.05) is 6.61 Å². The van der Waals surface area contributed by atoms with Crippen LogP contribution in [0.1, 0.15) is 34.1 Å². The van der Waals surface area contributed by atoms with E-state index in [2.05, 4.69) is 19.9 Å². The maximum Gasteiger partial charge on any atom is 0.144 e. The standard InChI is InChI=1S/C11H19NO/c1-9(2)5-6-13-11(8-12)7-10(3)4/h5,10-11H,6-7H2,1-4H3. The molecule has 0 aromatic rings. The van der Waals surface area contributed by atoms with Gasteiger partial charge in [-0.3, -0.25) is 0 Å². The summed E-state index contributed by atoms with van der Waals surface area (Å²) in [5.41, 5.74) is 1.22. The molecule has 0 bridgehead atoms. The quantitative estimate of drug-likeness (QED) is 0.611. The molecule has 0 radical (unpaired) electrons. The molecule has 0 amide bonds. The zero-order valence-corrected chi connectivity index (χ0v) is 9.00. The highest BCUT2D eigenvalue weighted by molar-refractivity contribution is 4.94. The van der Waals surface area contributed by atoms with Gasteiger partial charge in [-0.2, -0.15) is 5.26 Å². The van der Waals surface area contributed by atoms with Gasteiger partial charge >= 0.3 is 0 Å². The van der Waals surface area contributed by atoms with E-state index in [9.17, 15) is 0 Å². The highest BCUT2D eigenvalue weighted by Crippen LogP contribution is 2.07. The molecule has 74 valence electrons. The molecular weight excluding hydrogens is 162 g/mol. The summed E-state index contributed by atoms with van der Waals surface area (Å²) in [6.45, 7) is 8.77. The second-order valence-corrected chi connectivity index (χ2v) is 3.86. The van der Waals surface area contributed by atoms with Gasteiger partial charge in [0.15, 0.2) is 0 Å². The SMILES string of the molecule is CC(C)=CCOC(C#N)CC(C)C. The lowest BCUT2D eigenvalue weighted by molar-refractivity contribution is 0.0979. The maximum absolute atomic E-state index is 8.74. The fourth-order valence-electron chi connectivity index (χ4n) is 0.917. The lowest BCUT2D eigenvalue weighted by atomic mass is 10.1. The third-order valence-electron chi connectivity index (χ3n) is 1.62. The van der Waals surface area contributed by atoms with Crippen LogP contribution >= 0.6 is 0 Å². The number of allylic oxidation sites excluding steroid dienone is 1. The van der Waals surface area contributed by atoms with Crippen LogP contribution in [0.2, 0.25) is 0 Å². The number of hydrogen-bond donors (Lipinski definition) is 0. The van der Waals surface area contributed by atoms with E-state index in [1.807, 2.05) is 19.9 Å². The minimum Gasteiger partial charge on any atom is -0.359 e. The fourth-order valence-corrected chi connectivity index (χ4v) is 0.917. The summed E-state index contributed by atoms with van der Waals surface area (Å²) in [5.74, 6) is 0.511. The van der Waals surface area contributed by atoms with Gasteiger partial charge in [0.1, 0.15) is 6.10 Å². The number of nitrogens with zero attached hydrogens (tertiary/aromatic N) is 1. The van der Waals surface area contributed by atoms with E-state index in [1.54, 1.807) is 0 Å². The van der Waals surface area contributed by atoms with E-state index in [1.165, 1.54) is 5.57 Å². The molecule has 0 saturated heterocycles. The predicted octanol–water partition coefficient (Wildman–Crippen LogP) is 2.91. The van der Waals surface area contributed by atoms with Gasteiger partial charge in [-0.05, 0) is 26.2 Å². The van der Waals surface area contributed by atoms with Crippen molar-refractivity contribution < 1.29 is 4.74 Å². The molecule has 0 saturated carbocycles. The molecule has 0 fully saturated rings. The third-order valence-corrected chi connectivity index (χ3v) is 1.62. The van der Waals surface area contributed by atoms with Crippen LogP contribution < -0.4 is 0 Å². The zero-order valence-electron chi connectivity index (χ0n) is 9.00. The first-order valence-electron chi connectivity index (χ1n) is 4.70. The molecule has 0 aliphatic rings. The van der Waals surface area contributed by atoms with Crippen molar-refractivity contribution in [1.82, 2.24) is 0 Å². The Hall–Kier alpha value is -0.810. The van der Waals surface area contributed by atoms with Crippen molar-refractivity contribution in [2.24, 2.45) is 5.92 Å². The second-order valence-electron chi connectivity index (χ2n) is 3.86. The first kappa shape index (κ1) is 12.2. The highest BCUT2D eigenvalue weighted by atomic mass is 16.5. The van der Waals surface area contributed by atoms with E-state index >= 15 is 0 Å². The van der Waals surface area contributed by atoms with Crippen LogP contribution in [0, 0.1) is 17.2 Å². The van der Waals surface area contributed by atoms with Crippen LogP contribution in [0.25, 0.3) is 0 Å². The third kappa shape index (κ3) is 7.55. The van der Waals surface area contributed by atoms with Gasteiger partial charge in [0.05, 0.1) is 12.7 Å². The average Bonchev–Trinajstić information content (AvgIpc) is 2.01. The first-order chi connectivity index (χ1) is 6.06. The van der Waals surface area contributed by atoms with Crippen LogP contribution in [0.5, 0.6) is 0 Å². The average molecular weight is 181 g/mol. The van der Waals surface area contributed by atoms with Crippen LogP contribution in [0.3, 0.4) is 0 Å². The first-order valence-corrected chi connectivity index (χ1v) is 4.70. The molecule has 0 aliphatic heterocycles. The van der Waals surface area contributed by atoms with Crippen LogP contribution in [-0.4, -0.2) is 12.7 Å². The van der Waals surface area contributed by atoms with Crippen molar-refractivity contribution in [1.29, 1.82) is 5.26 Å². The van der Waals surface area contributed by atoms with E-state index in [4.69, 9.17) is 10.00 Å². The van der Waals surface area contributed by atoms with Gasteiger partial charge in [0, 0.05) is 0 Å². The monoisotopic (exact) mass is 181 g/mol. The second kappa shape index (κ2) is 6.68. The Kier molecular flexibility index (Phi) is 6.26. The molecule has 0 rings (SSSR count). The van der Waals surface area contributed by atoms with Crippen molar-refractivity contribution in [3.05, 3.63) is 11.6 Å². The number of rotatable bonds is 5. The topological polar surface area (TPSA) is 33.0 Å². The van der Waals surface area contributed by atoms with Gasteiger partial charge in [-0.15, -0.1) is 0 Å². The molecule has 0 aromatic carbocycles. The van der Waals surface area contributed by atoms with Gasteiger partial charge in [-0.25, -0.2) is 0 Å². The normalized spacial score (nSPS) is 12.3. The van der Waals surface area contributed by atoms with E-state index < -0.39 is 0 Å². The molecule has 0 aliphatic carbocycles.